The minimum absolute atomic E-state index is 0.116. The molecule has 0 bridgehead atoms. The molecule has 21 heavy (non-hydrogen) atoms. The maximum absolute atomic E-state index is 6.03. The highest BCUT2D eigenvalue weighted by Gasteiger charge is 2.13. The van der Waals surface area contributed by atoms with Crippen molar-refractivity contribution in [3.8, 4) is 17.4 Å². The van der Waals surface area contributed by atoms with Gasteiger partial charge in [0, 0.05) is 4.47 Å². The van der Waals surface area contributed by atoms with E-state index in [1.807, 2.05) is 6.07 Å². The van der Waals surface area contributed by atoms with Crippen LogP contribution in [0.5, 0.6) is 5.75 Å². The summed E-state index contributed by atoms with van der Waals surface area (Å²) >= 11 is 12.6. The Balaban J connectivity index is 1.71. The van der Waals surface area contributed by atoms with Crippen molar-refractivity contribution in [2.24, 2.45) is 0 Å². The molecule has 0 saturated carbocycles. The molecule has 0 aliphatic rings. The zero-order valence-corrected chi connectivity index (χ0v) is 14.3. The van der Waals surface area contributed by atoms with Crippen LogP contribution in [0, 0.1) is 0 Å². The smallest absolute Gasteiger partial charge is 0.283 e. The van der Waals surface area contributed by atoms with Crippen LogP contribution in [-0.2, 0) is 6.61 Å². The largest absolute Gasteiger partial charge is 0.482 e. The molecule has 5 nitrogen and oxygen atoms in total. The Hall–Kier alpha value is -1.31. The zero-order valence-electron chi connectivity index (χ0n) is 10.3. The number of furan rings is 1. The zero-order chi connectivity index (χ0) is 14.8. The van der Waals surface area contributed by atoms with E-state index in [9.17, 15) is 0 Å². The fourth-order valence-corrected chi connectivity index (χ4v) is 2.39. The second kappa shape index (κ2) is 6.21. The third kappa shape index (κ3) is 3.48. The monoisotopic (exact) mass is 432 g/mol. The van der Waals surface area contributed by atoms with Gasteiger partial charge in [0.25, 0.3) is 11.8 Å². The predicted octanol–water partition coefficient (Wildman–Crippen LogP) is 5.09. The molecule has 0 unspecified atom stereocenters. The maximum atomic E-state index is 6.03. The van der Waals surface area contributed by atoms with Crippen LogP contribution in [0.2, 0.25) is 5.02 Å². The fourth-order valence-electron chi connectivity index (χ4n) is 1.57. The lowest BCUT2D eigenvalue weighted by Gasteiger charge is -2.05. The summed E-state index contributed by atoms with van der Waals surface area (Å²) in [4.78, 5) is 0. The van der Waals surface area contributed by atoms with E-state index in [0.29, 0.717) is 33.0 Å². The van der Waals surface area contributed by atoms with E-state index in [0.717, 1.165) is 4.47 Å². The molecule has 0 aliphatic carbocycles. The van der Waals surface area contributed by atoms with Crippen molar-refractivity contribution in [1.82, 2.24) is 10.2 Å². The molecule has 3 aromatic rings. The Labute approximate surface area is 141 Å². The van der Waals surface area contributed by atoms with E-state index in [1.165, 1.54) is 0 Å². The minimum Gasteiger partial charge on any atom is -0.482 e. The molecule has 0 radical (unpaired) electrons. The van der Waals surface area contributed by atoms with E-state index in [4.69, 9.17) is 25.2 Å². The third-order valence-corrected chi connectivity index (χ3v) is 3.73. The van der Waals surface area contributed by atoms with Crippen LogP contribution in [0.4, 0.5) is 0 Å². The molecule has 0 saturated heterocycles. The first-order chi connectivity index (χ1) is 10.1. The van der Waals surface area contributed by atoms with Crippen molar-refractivity contribution in [3.63, 3.8) is 0 Å². The van der Waals surface area contributed by atoms with Crippen LogP contribution >= 0.6 is 43.5 Å². The van der Waals surface area contributed by atoms with Gasteiger partial charge in [-0.3, -0.25) is 0 Å². The summed E-state index contributed by atoms with van der Waals surface area (Å²) in [5.41, 5.74) is 0. The molecule has 1 aromatic carbocycles. The quantitative estimate of drug-likeness (QED) is 0.573. The molecular formula is C13H7Br2ClN2O3. The molecule has 0 spiro atoms. The lowest BCUT2D eigenvalue weighted by Crippen LogP contribution is -1.96. The van der Waals surface area contributed by atoms with Gasteiger partial charge in [-0.15, -0.1) is 10.2 Å². The highest BCUT2D eigenvalue weighted by molar-refractivity contribution is 9.10. The molecule has 0 atom stereocenters. The number of hydrogen-bond acceptors (Lipinski definition) is 5. The van der Waals surface area contributed by atoms with Gasteiger partial charge in [-0.25, -0.2) is 0 Å². The van der Waals surface area contributed by atoms with Gasteiger partial charge in [-0.05, 0) is 46.3 Å². The summed E-state index contributed by atoms with van der Waals surface area (Å²) in [7, 11) is 0. The highest BCUT2D eigenvalue weighted by atomic mass is 79.9. The predicted molar refractivity (Wildman–Crippen MR) is 83.2 cm³/mol. The van der Waals surface area contributed by atoms with Gasteiger partial charge >= 0.3 is 0 Å². The molecule has 0 aliphatic heterocycles. The number of rotatable bonds is 4. The van der Waals surface area contributed by atoms with E-state index in [2.05, 4.69) is 42.1 Å². The van der Waals surface area contributed by atoms with E-state index < -0.39 is 0 Å². The van der Waals surface area contributed by atoms with Crippen LogP contribution in [0.3, 0.4) is 0 Å². The summed E-state index contributed by atoms with van der Waals surface area (Å²) in [5.74, 6) is 1.64. The lowest BCUT2D eigenvalue weighted by molar-refractivity contribution is 0.264. The first kappa shape index (κ1) is 14.6. The van der Waals surface area contributed by atoms with Crippen LogP contribution in [0.15, 0.2) is 48.3 Å². The van der Waals surface area contributed by atoms with Gasteiger partial charge in [0.1, 0.15) is 5.75 Å². The number of benzene rings is 1. The average molecular weight is 434 g/mol. The molecule has 0 N–H and O–H groups in total. The second-order valence-corrected chi connectivity index (χ2v) is 6.07. The standard InChI is InChI=1S/C13H7Br2ClN2O3/c14-7-1-2-8(16)10(5-7)19-6-12-17-18-13(21-12)9-3-4-11(15)20-9/h1-5H,6H2. The summed E-state index contributed by atoms with van der Waals surface area (Å²) < 4.78 is 17.8. The highest BCUT2D eigenvalue weighted by Crippen LogP contribution is 2.29. The molecule has 2 aromatic heterocycles. The fraction of sp³-hybridized carbons (Fsp3) is 0.0769. The number of aromatic nitrogens is 2. The van der Waals surface area contributed by atoms with Crippen molar-refractivity contribution < 1.29 is 13.6 Å². The van der Waals surface area contributed by atoms with Crippen molar-refractivity contribution >= 4 is 43.5 Å². The molecule has 0 fully saturated rings. The average Bonchev–Trinajstić information content (AvgIpc) is 3.08. The van der Waals surface area contributed by atoms with E-state index >= 15 is 0 Å². The number of halogens is 3. The summed E-state index contributed by atoms with van der Waals surface area (Å²) in [5, 5.41) is 8.30. The number of nitrogens with zero attached hydrogens (tertiary/aromatic N) is 2. The second-order valence-electron chi connectivity index (χ2n) is 3.97. The van der Waals surface area contributed by atoms with Crippen LogP contribution < -0.4 is 4.74 Å². The molecule has 8 heteroatoms. The third-order valence-electron chi connectivity index (χ3n) is 2.50. The minimum atomic E-state index is 0.116. The van der Waals surface area contributed by atoms with Crippen LogP contribution in [0.1, 0.15) is 5.89 Å². The maximum Gasteiger partial charge on any atom is 0.283 e. The van der Waals surface area contributed by atoms with Crippen LogP contribution in [0.25, 0.3) is 11.7 Å². The summed E-state index contributed by atoms with van der Waals surface area (Å²) in [6, 6.07) is 8.81. The van der Waals surface area contributed by atoms with Crippen molar-refractivity contribution in [2.45, 2.75) is 6.61 Å². The van der Waals surface area contributed by atoms with Gasteiger partial charge in [-0.1, -0.05) is 27.5 Å². The van der Waals surface area contributed by atoms with Crippen LogP contribution in [-0.4, -0.2) is 10.2 Å². The van der Waals surface area contributed by atoms with Gasteiger partial charge in [0.2, 0.25) is 0 Å². The van der Waals surface area contributed by atoms with E-state index in [1.54, 1.807) is 24.3 Å². The normalized spacial score (nSPS) is 10.8. The Morgan fingerprint density at radius 3 is 2.71 bits per heavy atom. The van der Waals surface area contributed by atoms with Crippen molar-refractivity contribution in [1.29, 1.82) is 0 Å². The van der Waals surface area contributed by atoms with Gasteiger partial charge < -0.3 is 13.6 Å². The molecule has 0 amide bonds. The summed E-state index contributed by atoms with van der Waals surface area (Å²) in [6.07, 6.45) is 0. The summed E-state index contributed by atoms with van der Waals surface area (Å²) in [6.45, 7) is 0.116. The Kier molecular flexibility index (Phi) is 4.32. The molecule has 3 rings (SSSR count). The first-order valence-corrected chi connectivity index (χ1v) is 7.74. The van der Waals surface area contributed by atoms with E-state index in [-0.39, 0.29) is 6.61 Å². The lowest BCUT2D eigenvalue weighted by atomic mass is 10.3. The topological polar surface area (TPSA) is 61.3 Å². The van der Waals surface area contributed by atoms with Gasteiger partial charge in [0.15, 0.2) is 17.0 Å². The molecule has 108 valence electrons. The molecular weight excluding hydrogens is 427 g/mol. The Morgan fingerprint density at radius 2 is 1.95 bits per heavy atom. The SMILES string of the molecule is Clc1ccc(Br)cc1OCc1nnc(-c2ccc(Br)o2)o1. The Bertz CT molecular complexity index is 772. The number of hydrogen-bond donors (Lipinski definition) is 0. The number of ether oxygens (including phenoxy) is 1. The molecule has 2 heterocycles. The van der Waals surface area contributed by atoms with Gasteiger partial charge in [-0.2, -0.15) is 0 Å². The van der Waals surface area contributed by atoms with Crippen molar-refractivity contribution in [2.75, 3.05) is 0 Å². The van der Waals surface area contributed by atoms with Gasteiger partial charge in [0.05, 0.1) is 5.02 Å². The first-order valence-electron chi connectivity index (χ1n) is 5.78. The van der Waals surface area contributed by atoms with Crippen molar-refractivity contribution in [3.05, 3.63) is 50.4 Å². The Morgan fingerprint density at radius 1 is 1.10 bits per heavy atom.